The van der Waals surface area contributed by atoms with Crippen LogP contribution in [0, 0.1) is 0 Å². The number of guanidine groups is 1. The summed E-state index contributed by atoms with van der Waals surface area (Å²) in [6.45, 7) is 7.31. The highest BCUT2D eigenvalue weighted by atomic mass is 127. The van der Waals surface area contributed by atoms with Crippen LogP contribution in [0.4, 0.5) is 5.82 Å². The summed E-state index contributed by atoms with van der Waals surface area (Å²) < 4.78 is 11.3. The second-order valence-corrected chi connectivity index (χ2v) is 7.76. The van der Waals surface area contributed by atoms with Gasteiger partial charge < -0.3 is 24.6 Å². The third-order valence-electron chi connectivity index (χ3n) is 5.18. The zero-order chi connectivity index (χ0) is 21.5. The summed E-state index contributed by atoms with van der Waals surface area (Å²) in [5.41, 5.74) is 2.23. The molecular formula is C23H34IN5O2. The van der Waals surface area contributed by atoms with Crippen molar-refractivity contribution in [3.8, 4) is 5.75 Å². The SMILES string of the molecule is CN=C(NCc1ccc(N2CC(C)OC(C)C2)nc1)N(C)Cc1ccccc1OC.I. The Hall–Kier alpha value is -2.07. The Morgan fingerprint density at radius 1 is 1.23 bits per heavy atom. The summed E-state index contributed by atoms with van der Waals surface area (Å²) in [5, 5.41) is 3.42. The molecule has 1 aliphatic heterocycles. The van der Waals surface area contributed by atoms with Crippen molar-refractivity contribution in [2.75, 3.05) is 39.2 Å². The van der Waals surface area contributed by atoms with Crippen LogP contribution in [0.25, 0.3) is 0 Å². The molecule has 1 saturated heterocycles. The summed E-state index contributed by atoms with van der Waals surface area (Å²) in [5.74, 6) is 2.70. The third kappa shape index (κ3) is 6.96. The van der Waals surface area contributed by atoms with Crippen LogP contribution in [0.5, 0.6) is 5.75 Å². The fourth-order valence-corrected chi connectivity index (χ4v) is 3.80. The standard InChI is InChI=1S/C23H33N5O2.HI/c1-17-14-28(15-18(2)30-17)22-11-10-19(12-25-22)13-26-23(24-3)27(4)16-20-8-6-7-9-21(20)29-5;/h6-12,17-18H,13-16H2,1-5H3,(H,24,26);1H. The summed E-state index contributed by atoms with van der Waals surface area (Å²) in [7, 11) is 5.51. The van der Waals surface area contributed by atoms with Gasteiger partial charge in [-0.25, -0.2) is 4.98 Å². The van der Waals surface area contributed by atoms with Crippen LogP contribution in [0.2, 0.25) is 0 Å². The first-order chi connectivity index (χ1) is 14.5. The zero-order valence-corrected chi connectivity index (χ0v) is 21.4. The van der Waals surface area contributed by atoms with Gasteiger partial charge in [-0.15, -0.1) is 24.0 Å². The number of pyridine rings is 1. The lowest BCUT2D eigenvalue weighted by atomic mass is 10.2. The van der Waals surface area contributed by atoms with Gasteiger partial charge in [0.05, 0.1) is 19.3 Å². The summed E-state index contributed by atoms with van der Waals surface area (Å²) in [6, 6.07) is 12.2. The van der Waals surface area contributed by atoms with Crippen molar-refractivity contribution in [2.45, 2.75) is 39.1 Å². The van der Waals surface area contributed by atoms with Crippen molar-refractivity contribution in [3.63, 3.8) is 0 Å². The van der Waals surface area contributed by atoms with Crippen LogP contribution in [-0.4, -0.2) is 62.3 Å². The van der Waals surface area contributed by atoms with Gasteiger partial charge in [0, 0.05) is 52.0 Å². The fraction of sp³-hybridized carbons (Fsp3) is 0.478. The van der Waals surface area contributed by atoms with E-state index in [1.165, 1.54) is 0 Å². The van der Waals surface area contributed by atoms with Gasteiger partial charge in [0.2, 0.25) is 0 Å². The number of morpholine rings is 1. The van der Waals surface area contributed by atoms with Crippen LogP contribution in [0.15, 0.2) is 47.6 Å². The van der Waals surface area contributed by atoms with Gasteiger partial charge in [-0.05, 0) is 31.5 Å². The molecule has 7 nitrogen and oxygen atoms in total. The molecule has 1 N–H and O–H groups in total. The Morgan fingerprint density at radius 2 is 1.94 bits per heavy atom. The van der Waals surface area contributed by atoms with Gasteiger partial charge in [-0.2, -0.15) is 0 Å². The maximum atomic E-state index is 5.81. The first kappa shape index (κ1) is 25.2. The van der Waals surface area contributed by atoms with Crippen LogP contribution in [-0.2, 0) is 17.8 Å². The number of hydrogen-bond acceptors (Lipinski definition) is 5. The lowest BCUT2D eigenvalue weighted by Crippen LogP contribution is -2.45. The van der Waals surface area contributed by atoms with E-state index in [9.17, 15) is 0 Å². The molecule has 0 amide bonds. The lowest BCUT2D eigenvalue weighted by molar-refractivity contribution is -0.00545. The van der Waals surface area contributed by atoms with E-state index in [0.717, 1.165) is 41.7 Å². The van der Waals surface area contributed by atoms with Crippen molar-refractivity contribution in [1.82, 2.24) is 15.2 Å². The van der Waals surface area contributed by atoms with Crippen LogP contribution in [0.3, 0.4) is 0 Å². The number of para-hydroxylation sites is 1. The number of benzene rings is 1. The molecule has 0 bridgehead atoms. The van der Waals surface area contributed by atoms with Crippen molar-refractivity contribution in [3.05, 3.63) is 53.7 Å². The van der Waals surface area contributed by atoms with E-state index in [2.05, 4.69) is 57.1 Å². The van der Waals surface area contributed by atoms with E-state index in [0.29, 0.717) is 13.1 Å². The first-order valence-electron chi connectivity index (χ1n) is 10.4. The molecule has 1 aliphatic rings. The molecule has 8 heteroatoms. The van der Waals surface area contributed by atoms with Gasteiger partial charge >= 0.3 is 0 Å². The average molecular weight is 539 g/mol. The van der Waals surface area contributed by atoms with Gasteiger partial charge in [-0.1, -0.05) is 24.3 Å². The zero-order valence-electron chi connectivity index (χ0n) is 19.0. The fourth-order valence-electron chi connectivity index (χ4n) is 3.80. The Morgan fingerprint density at radius 3 is 2.55 bits per heavy atom. The predicted octanol–water partition coefficient (Wildman–Crippen LogP) is 3.53. The molecule has 2 unspecified atom stereocenters. The molecule has 2 aromatic rings. The molecule has 31 heavy (non-hydrogen) atoms. The molecule has 2 atom stereocenters. The van der Waals surface area contributed by atoms with Gasteiger partial charge in [0.15, 0.2) is 5.96 Å². The monoisotopic (exact) mass is 539 g/mol. The van der Waals surface area contributed by atoms with Gasteiger partial charge in [0.1, 0.15) is 11.6 Å². The van der Waals surface area contributed by atoms with Crippen molar-refractivity contribution >= 4 is 35.8 Å². The molecule has 0 radical (unpaired) electrons. The highest BCUT2D eigenvalue weighted by Crippen LogP contribution is 2.20. The smallest absolute Gasteiger partial charge is 0.193 e. The van der Waals surface area contributed by atoms with Crippen LogP contribution < -0.4 is 15.0 Å². The second kappa shape index (κ2) is 12.1. The molecule has 1 fully saturated rings. The van der Waals surface area contributed by atoms with E-state index < -0.39 is 0 Å². The maximum Gasteiger partial charge on any atom is 0.193 e. The Balaban J connectivity index is 0.00000341. The molecule has 1 aromatic heterocycles. The topological polar surface area (TPSA) is 62.2 Å². The predicted molar refractivity (Wildman–Crippen MR) is 137 cm³/mol. The quantitative estimate of drug-likeness (QED) is 0.345. The molecule has 170 valence electrons. The molecule has 2 heterocycles. The number of aliphatic imine (C=N–C) groups is 1. The van der Waals surface area contributed by atoms with E-state index >= 15 is 0 Å². The third-order valence-corrected chi connectivity index (χ3v) is 5.18. The van der Waals surface area contributed by atoms with Crippen molar-refractivity contribution in [1.29, 1.82) is 0 Å². The number of halogens is 1. The number of ether oxygens (including phenoxy) is 2. The van der Waals surface area contributed by atoms with Crippen molar-refractivity contribution < 1.29 is 9.47 Å². The minimum absolute atomic E-state index is 0. The number of aromatic nitrogens is 1. The number of anilines is 1. The number of methoxy groups -OCH3 is 1. The summed E-state index contributed by atoms with van der Waals surface area (Å²) in [6.07, 6.45) is 2.37. The summed E-state index contributed by atoms with van der Waals surface area (Å²) in [4.78, 5) is 13.4. The average Bonchev–Trinajstić information content (AvgIpc) is 2.74. The number of rotatable bonds is 6. The molecule has 0 saturated carbocycles. The maximum absolute atomic E-state index is 5.81. The van der Waals surface area contributed by atoms with Crippen molar-refractivity contribution in [2.24, 2.45) is 4.99 Å². The normalized spacial score (nSPS) is 18.9. The highest BCUT2D eigenvalue weighted by Gasteiger charge is 2.23. The largest absolute Gasteiger partial charge is 0.496 e. The second-order valence-electron chi connectivity index (χ2n) is 7.76. The van der Waals surface area contributed by atoms with E-state index in [1.54, 1.807) is 14.2 Å². The number of nitrogens with zero attached hydrogens (tertiary/aromatic N) is 4. The van der Waals surface area contributed by atoms with E-state index in [4.69, 9.17) is 9.47 Å². The Kier molecular flexibility index (Phi) is 9.83. The Labute approximate surface area is 202 Å². The lowest BCUT2D eigenvalue weighted by Gasteiger charge is -2.36. The minimum Gasteiger partial charge on any atom is -0.496 e. The molecule has 0 spiro atoms. The number of nitrogens with one attached hydrogen (secondary N) is 1. The molecular weight excluding hydrogens is 505 g/mol. The molecule has 1 aromatic carbocycles. The van der Waals surface area contributed by atoms with E-state index in [-0.39, 0.29) is 36.2 Å². The molecule has 0 aliphatic carbocycles. The Bertz CT molecular complexity index is 836. The van der Waals surface area contributed by atoms with Crippen LogP contribution >= 0.6 is 24.0 Å². The molecule has 3 rings (SSSR count). The number of hydrogen-bond donors (Lipinski definition) is 1. The first-order valence-corrected chi connectivity index (χ1v) is 10.4. The van der Waals surface area contributed by atoms with Gasteiger partial charge in [0.25, 0.3) is 0 Å². The van der Waals surface area contributed by atoms with Gasteiger partial charge in [-0.3, -0.25) is 4.99 Å². The summed E-state index contributed by atoms with van der Waals surface area (Å²) >= 11 is 0. The highest BCUT2D eigenvalue weighted by molar-refractivity contribution is 14.0. The minimum atomic E-state index is 0. The van der Waals surface area contributed by atoms with Crippen LogP contribution in [0.1, 0.15) is 25.0 Å². The van der Waals surface area contributed by atoms with E-state index in [1.807, 2.05) is 31.4 Å².